The summed E-state index contributed by atoms with van der Waals surface area (Å²) in [6.07, 6.45) is -6.17. The van der Waals surface area contributed by atoms with Gasteiger partial charge < -0.3 is 9.47 Å². The molecule has 2 rings (SSSR count). The van der Waals surface area contributed by atoms with Crippen molar-refractivity contribution in [2.75, 3.05) is 11.9 Å². The monoisotopic (exact) mass is 295 g/mol. The summed E-state index contributed by atoms with van der Waals surface area (Å²) in [7, 11) is 0. The zero-order valence-corrected chi connectivity index (χ0v) is 10.4. The van der Waals surface area contributed by atoms with Crippen LogP contribution in [0.1, 0.15) is 12.5 Å². The van der Waals surface area contributed by atoms with Crippen LogP contribution in [0.25, 0.3) is 0 Å². The Morgan fingerprint density at radius 2 is 2.16 bits per heavy atom. The first kappa shape index (κ1) is 14.0. The van der Waals surface area contributed by atoms with E-state index in [4.69, 9.17) is 16.3 Å². The molecular weight excluding hydrogens is 287 g/mol. The second-order valence-corrected chi connectivity index (χ2v) is 4.19. The van der Waals surface area contributed by atoms with Crippen LogP contribution in [0.3, 0.4) is 0 Å². The molecule has 1 aliphatic heterocycles. The second-order valence-electron chi connectivity index (χ2n) is 3.75. The summed E-state index contributed by atoms with van der Waals surface area (Å²) in [5.74, 6) is -3.13. The molecule has 8 heteroatoms. The highest BCUT2D eigenvalue weighted by Gasteiger charge is 2.64. The number of ether oxygens (including phenoxy) is 2. The van der Waals surface area contributed by atoms with Gasteiger partial charge in [-0.15, -0.1) is 0 Å². The molecule has 0 saturated carbocycles. The van der Waals surface area contributed by atoms with Gasteiger partial charge in [0.25, 0.3) is 0 Å². The third kappa shape index (κ3) is 2.23. The Hall–Kier alpha value is -1.47. The van der Waals surface area contributed by atoms with Crippen molar-refractivity contribution in [1.29, 1.82) is 0 Å². The third-order valence-electron chi connectivity index (χ3n) is 2.53. The molecule has 0 saturated heterocycles. The van der Waals surface area contributed by atoms with E-state index in [1.54, 1.807) is 0 Å². The first-order valence-corrected chi connectivity index (χ1v) is 5.68. The molecule has 104 valence electrons. The van der Waals surface area contributed by atoms with Gasteiger partial charge in [0.05, 0.1) is 11.3 Å². The Kier molecular flexibility index (Phi) is 3.36. The largest absolute Gasteiger partial charge is 0.460 e. The molecule has 1 aromatic rings. The summed E-state index contributed by atoms with van der Waals surface area (Å²) in [4.78, 5) is 11.3. The number of rotatable bonds is 2. The van der Waals surface area contributed by atoms with Crippen LogP contribution in [0.4, 0.5) is 23.7 Å². The number of hydrogen-bond acceptors (Lipinski definition) is 3. The molecule has 1 unspecified atom stereocenters. The minimum Gasteiger partial charge on any atom is -0.402 e. The summed E-state index contributed by atoms with van der Waals surface area (Å²) >= 11 is 5.70. The van der Waals surface area contributed by atoms with Gasteiger partial charge >= 0.3 is 18.1 Å². The van der Waals surface area contributed by atoms with Gasteiger partial charge in [-0.25, -0.2) is 4.79 Å². The summed E-state index contributed by atoms with van der Waals surface area (Å²) in [5, 5.41) is 2.25. The molecule has 0 bridgehead atoms. The lowest BCUT2D eigenvalue weighted by atomic mass is 10.0. The Balaban J connectivity index is 2.67. The SMILES string of the molecule is CCOC1(C(F)(F)F)OC(=O)Nc2ccc(Cl)cc21. The predicted molar refractivity (Wildman–Crippen MR) is 60.9 cm³/mol. The van der Waals surface area contributed by atoms with E-state index >= 15 is 0 Å². The van der Waals surface area contributed by atoms with Crippen LogP contribution in [0.15, 0.2) is 18.2 Å². The number of nitrogens with one attached hydrogen (secondary N) is 1. The van der Waals surface area contributed by atoms with E-state index in [0.717, 1.165) is 6.07 Å². The van der Waals surface area contributed by atoms with Crippen molar-refractivity contribution in [3.8, 4) is 0 Å². The highest BCUT2D eigenvalue weighted by molar-refractivity contribution is 6.30. The van der Waals surface area contributed by atoms with Crippen LogP contribution >= 0.6 is 11.6 Å². The zero-order valence-electron chi connectivity index (χ0n) is 9.68. The Bertz CT molecular complexity index is 520. The van der Waals surface area contributed by atoms with Crippen molar-refractivity contribution in [3.63, 3.8) is 0 Å². The number of halogens is 4. The summed E-state index contributed by atoms with van der Waals surface area (Å²) in [5.41, 5.74) is -0.430. The number of amides is 1. The standard InChI is InChI=1S/C11H9ClF3NO3/c1-2-18-10(11(13,14)15)7-5-6(12)3-4-8(7)16-9(17)19-10/h3-5H,2H2,1H3,(H,16,17). The summed E-state index contributed by atoms with van der Waals surface area (Å²) in [6.45, 7) is 1.08. The number of carbonyl (C=O) groups is 1. The fraction of sp³-hybridized carbons (Fsp3) is 0.364. The first-order valence-electron chi connectivity index (χ1n) is 5.31. The quantitative estimate of drug-likeness (QED) is 0.906. The van der Waals surface area contributed by atoms with Crippen LogP contribution < -0.4 is 5.32 Å². The smallest absolute Gasteiger partial charge is 0.402 e. The van der Waals surface area contributed by atoms with E-state index in [9.17, 15) is 18.0 Å². The lowest BCUT2D eigenvalue weighted by Crippen LogP contribution is -2.52. The number of carbonyl (C=O) groups excluding carboxylic acids is 1. The minimum absolute atomic E-state index is 0.0496. The molecule has 1 N–H and O–H groups in total. The summed E-state index contributed by atoms with van der Waals surface area (Å²) in [6, 6.07) is 3.68. The van der Waals surface area contributed by atoms with Crippen molar-refractivity contribution in [1.82, 2.24) is 0 Å². The van der Waals surface area contributed by atoms with Gasteiger partial charge in [0, 0.05) is 11.6 Å². The third-order valence-corrected chi connectivity index (χ3v) is 2.77. The normalized spacial score (nSPS) is 22.5. The minimum atomic E-state index is -4.93. The van der Waals surface area contributed by atoms with Crippen molar-refractivity contribution in [3.05, 3.63) is 28.8 Å². The number of fused-ring (bicyclic) bond motifs is 1. The van der Waals surface area contributed by atoms with Gasteiger partial charge in [-0.3, -0.25) is 5.32 Å². The van der Waals surface area contributed by atoms with Gasteiger partial charge in [-0.05, 0) is 25.1 Å². The molecule has 1 aromatic carbocycles. The van der Waals surface area contributed by atoms with E-state index in [2.05, 4.69) is 10.1 Å². The number of hydrogen-bond donors (Lipinski definition) is 1. The molecule has 0 aromatic heterocycles. The fourth-order valence-electron chi connectivity index (χ4n) is 1.82. The van der Waals surface area contributed by atoms with Gasteiger partial charge in [-0.2, -0.15) is 13.2 Å². The van der Waals surface area contributed by atoms with Crippen LogP contribution in [-0.4, -0.2) is 18.9 Å². The van der Waals surface area contributed by atoms with E-state index in [1.165, 1.54) is 19.1 Å². The van der Waals surface area contributed by atoms with Gasteiger partial charge in [0.1, 0.15) is 0 Å². The first-order chi connectivity index (χ1) is 8.80. The van der Waals surface area contributed by atoms with Gasteiger partial charge in [-0.1, -0.05) is 11.6 Å². The molecule has 19 heavy (non-hydrogen) atoms. The molecule has 0 aliphatic carbocycles. The molecule has 0 radical (unpaired) electrons. The Morgan fingerprint density at radius 3 is 2.74 bits per heavy atom. The average molecular weight is 296 g/mol. The topological polar surface area (TPSA) is 47.6 Å². The molecule has 4 nitrogen and oxygen atoms in total. The molecule has 1 heterocycles. The average Bonchev–Trinajstić information content (AvgIpc) is 2.28. The second kappa shape index (κ2) is 4.57. The maximum atomic E-state index is 13.3. The lowest BCUT2D eigenvalue weighted by Gasteiger charge is -2.38. The van der Waals surface area contributed by atoms with Crippen LogP contribution in [0.5, 0.6) is 0 Å². The lowest BCUT2D eigenvalue weighted by molar-refractivity contribution is -0.370. The van der Waals surface area contributed by atoms with Crippen molar-refractivity contribution in [2.24, 2.45) is 0 Å². The Labute approximate surface area is 111 Å². The highest BCUT2D eigenvalue weighted by Crippen LogP contribution is 2.48. The van der Waals surface area contributed by atoms with E-state index < -0.39 is 18.1 Å². The van der Waals surface area contributed by atoms with Crippen LogP contribution in [0.2, 0.25) is 5.02 Å². The van der Waals surface area contributed by atoms with E-state index in [0.29, 0.717) is 0 Å². The van der Waals surface area contributed by atoms with Crippen molar-refractivity contribution >= 4 is 23.4 Å². The fourth-order valence-corrected chi connectivity index (χ4v) is 1.99. The van der Waals surface area contributed by atoms with Crippen LogP contribution in [-0.2, 0) is 15.3 Å². The van der Waals surface area contributed by atoms with Gasteiger partial charge in [0.15, 0.2) is 0 Å². The van der Waals surface area contributed by atoms with Crippen molar-refractivity contribution in [2.45, 2.75) is 18.9 Å². The van der Waals surface area contributed by atoms with E-state index in [-0.39, 0.29) is 22.9 Å². The number of cyclic esters (lactones) is 1. The highest BCUT2D eigenvalue weighted by atomic mass is 35.5. The molecule has 1 aliphatic rings. The maximum absolute atomic E-state index is 13.3. The predicted octanol–water partition coefficient (Wildman–Crippen LogP) is 3.65. The molecule has 0 spiro atoms. The van der Waals surface area contributed by atoms with E-state index in [1.807, 2.05) is 0 Å². The number of alkyl halides is 3. The number of benzene rings is 1. The van der Waals surface area contributed by atoms with Crippen molar-refractivity contribution < 1.29 is 27.4 Å². The molecule has 0 fully saturated rings. The Morgan fingerprint density at radius 1 is 1.47 bits per heavy atom. The molecular formula is C11H9ClF3NO3. The molecule has 1 atom stereocenters. The van der Waals surface area contributed by atoms with Crippen LogP contribution in [0, 0.1) is 0 Å². The maximum Gasteiger partial charge on any atom is 0.460 e. The summed E-state index contributed by atoms with van der Waals surface area (Å²) < 4.78 is 49.0. The zero-order chi connectivity index (χ0) is 14.3. The molecule has 1 amide bonds. The van der Waals surface area contributed by atoms with Gasteiger partial charge in [0.2, 0.25) is 0 Å². The number of anilines is 1.